The molecule has 0 aliphatic rings. The molecule has 1 aromatic carbocycles. The number of thiophene rings is 1. The molecule has 0 atom stereocenters. The highest BCUT2D eigenvalue weighted by Gasteiger charge is 2.24. The van der Waals surface area contributed by atoms with Crippen LogP contribution in [0.15, 0.2) is 30.3 Å². The quantitative estimate of drug-likeness (QED) is 0.407. The number of nitrogens with zero attached hydrogens (tertiary/aromatic N) is 4. The summed E-state index contributed by atoms with van der Waals surface area (Å²) in [5, 5.41) is 11.4. The SMILES string of the molecule is COc1ccc2sc(N(CCN(C)C)C(=O)c3ccc([N+](=O)[O-])s3)nc2c1.Cl. The fraction of sp³-hybridized carbons (Fsp3) is 0.294. The van der Waals surface area contributed by atoms with E-state index in [2.05, 4.69) is 4.98 Å². The number of hydrogen-bond donors (Lipinski definition) is 0. The maximum absolute atomic E-state index is 13.0. The van der Waals surface area contributed by atoms with Crippen LogP contribution >= 0.6 is 35.1 Å². The number of ether oxygens (including phenoxy) is 1. The molecule has 3 aromatic rings. The van der Waals surface area contributed by atoms with Crippen molar-refractivity contribution in [3.05, 3.63) is 45.3 Å². The molecule has 8 nitrogen and oxygen atoms in total. The van der Waals surface area contributed by atoms with Crippen molar-refractivity contribution in [1.29, 1.82) is 0 Å². The number of nitro groups is 1. The van der Waals surface area contributed by atoms with Gasteiger partial charge in [-0.2, -0.15) is 0 Å². The third-order valence-corrected chi connectivity index (χ3v) is 5.90. The van der Waals surface area contributed by atoms with E-state index in [9.17, 15) is 14.9 Å². The molecule has 2 aromatic heterocycles. The number of methoxy groups -OCH3 is 1. The van der Waals surface area contributed by atoms with Crippen LogP contribution in [0.5, 0.6) is 5.75 Å². The van der Waals surface area contributed by atoms with Gasteiger partial charge < -0.3 is 9.64 Å². The van der Waals surface area contributed by atoms with Crippen LogP contribution in [0, 0.1) is 10.1 Å². The first-order valence-electron chi connectivity index (χ1n) is 8.04. The van der Waals surface area contributed by atoms with Gasteiger partial charge in [0.05, 0.1) is 27.1 Å². The number of halogens is 1. The number of carbonyl (C=O) groups excluding carboxylic acids is 1. The minimum atomic E-state index is -0.491. The Hall–Kier alpha value is -2.27. The van der Waals surface area contributed by atoms with E-state index in [1.54, 1.807) is 12.0 Å². The topological polar surface area (TPSA) is 88.8 Å². The number of thiazole rings is 1. The molecule has 0 aliphatic carbocycles. The van der Waals surface area contributed by atoms with Crippen LogP contribution < -0.4 is 9.64 Å². The normalized spacial score (nSPS) is 10.7. The maximum Gasteiger partial charge on any atom is 0.324 e. The molecule has 0 aliphatic heterocycles. The fourth-order valence-corrected chi connectivity index (χ4v) is 4.14. The van der Waals surface area contributed by atoms with Crippen molar-refractivity contribution >= 4 is 61.3 Å². The number of hydrogen-bond acceptors (Lipinski definition) is 8. The summed E-state index contributed by atoms with van der Waals surface area (Å²) in [7, 11) is 5.43. The Morgan fingerprint density at radius 1 is 1.21 bits per heavy atom. The number of fused-ring (bicyclic) bond motifs is 1. The Morgan fingerprint density at radius 3 is 2.57 bits per heavy atom. The second kappa shape index (κ2) is 9.28. The smallest absolute Gasteiger partial charge is 0.324 e. The molecule has 0 bridgehead atoms. The van der Waals surface area contributed by atoms with Crippen molar-refractivity contribution in [2.75, 3.05) is 39.2 Å². The molecule has 150 valence electrons. The molecule has 0 N–H and O–H groups in total. The van der Waals surface area contributed by atoms with E-state index in [-0.39, 0.29) is 23.3 Å². The molecule has 0 unspecified atom stereocenters. The molecular weight excluding hydrogens is 424 g/mol. The van der Waals surface area contributed by atoms with Crippen molar-refractivity contribution in [1.82, 2.24) is 9.88 Å². The van der Waals surface area contributed by atoms with Gasteiger partial charge in [0, 0.05) is 25.2 Å². The molecule has 3 rings (SSSR count). The van der Waals surface area contributed by atoms with Gasteiger partial charge in [-0.25, -0.2) is 4.98 Å². The third kappa shape index (κ3) is 4.76. The second-order valence-corrected chi connectivity index (χ2v) is 8.06. The van der Waals surface area contributed by atoms with Gasteiger partial charge in [0.25, 0.3) is 5.91 Å². The minimum Gasteiger partial charge on any atom is -0.497 e. The van der Waals surface area contributed by atoms with Crippen LogP contribution in [0.2, 0.25) is 0 Å². The third-order valence-electron chi connectivity index (χ3n) is 3.81. The molecule has 2 heterocycles. The fourth-order valence-electron chi connectivity index (χ4n) is 2.40. The Labute approximate surface area is 175 Å². The van der Waals surface area contributed by atoms with Gasteiger partial charge in [0.1, 0.15) is 5.75 Å². The maximum atomic E-state index is 13.0. The molecule has 11 heteroatoms. The molecule has 1 amide bonds. The first-order valence-corrected chi connectivity index (χ1v) is 9.67. The highest BCUT2D eigenvalue weighted by Crippen LogP contribution is 2.33. The zero-order chi connectivity index (χ0) is 19.6. The van der Waals surface area contributed by atoms with Gasteiger partial charge in [-0.15, -0.1) is 12.4 Å². The number of benzene rings is 1. The van der Waals surface area contributed by atoms with Crippen LogP contribution in [-0.4, -0.2) is 55.0 Å². The van der Waals surface area contributed by atoms with E-state index < -0.39 is 4.92 Å². The second-order valence-electron chi connectivity index (χ2n) is 5.99. The van der Waals surface area contributed by atoms with Gasteiger partial charge in [0.15, 0.2) is 5.13 Å². The lowest BCUT2D eigenvalue weighted by molar-refractivity contribution is -0.380. The highest BCUT2D eigenvalue weighted by atomic mass is 35.5. The lowest BCUT2D eigenvalue weighted by atomic mass is 10.3. The number of aromatic nitrogens is 1. The van der Waals surface area contributed by atoms with Gasteiger partial charge in [-0.05, 0) is 32.3 Å². The van der Waals surface area contributed by atoms with E-state index in [4.69, 9.17) is 4.74 Å². The average Bonchev–Trinajstić information content (AvgIpc) is 3.27. The summed E-state index contributed by atoms with van der Waals surface area (Å²) in [6.07, 6.45) is 0. The number of anilines is 1. The van der Waals surface area contributed by atoms with Crippen molar-refractivity contribution in [2.45, 2.75) is 0 Å². The van der Waals surface area contributed by atoms with Gasteiger partial charge in [-0.3, -0.25) is 19.8 Å². The molecule has 0 spiro atoms. The number of likely N-dealkylation sites (N-methyl/N-ethyl adjacent to an activating group) is 1. The summed E-state index contributed by atoms with van der Waals surface area (Å²) in [5.74, 6) is 0.403. The predicted octanol–water partition coefficient (Wildman–Crippen LogP) is 3.90. The molecule has 0 fully saturated rings. The minimum absolute atomic E-state index is 0. The van der Waals surface area contributed by atoms with E-state index in [0.717, 1.165) is 21.6 Å². The molecule has 0 saturated carbocycles. The van der Waals surface area contributed by atoms with Gasteiger partial charge in [0.2, 0.25) is 0 Å². The van der Waals surface area contributed by atoms with Crippen molar-refractivity contribution in [3.63, 3.8) is 0 Å². The van der Waals surface area contributed by atoms with Crippen LogP contribution in [0.1, 0.15) is 9.67 Å². The van der Waals surface area contributed by atoms with E-state index in [1.807, 2.05) is 37.2 Å². The summed E-state index contributed by atoms with van der Waals surface area (Å²) in [6, 6.07) is 8.41. The Balaban J connectivity index is 0.00000280. The molecule has 0 saturated heterocycles. The van der Waals surface area contributed by atoms with Crippen molar-refractivity contribution in [3.8, 4) is 5.75 Å². The molecule has 28 heavy (non-hydrogen) atoms. The predicted molar refractivity (Wildman–Crippen MR) is 115 cm³/mol. The standard InChI is InChI=1S/C17H18N4O4S2.ClH/c1-19(2)8-9-20(16(22)14-6-7-15(26-14)21(23)24)17-18-12-10-11(25-3)4-5-13(12)27-17;/h4-7,10H,8-9H2,1-3H3;1H. The lowest BCUT2D eigenvalue weighted by Gasteiger charge is -2.21. The van der Waals surface area contributed by atoms with E-state index >= 15 is 0 Å². The van der Waals surface area contributed by atoms with Crippen LogP contribution in [0.25, 0.3) is 10.2 Å². The number of rotatable bonds is 7. The molecule has 0 radical (unpaired) electrons. The number of amides is 1. The van der Waals surface area contributed by atoms with Crippen LogP contribution in [0.3, 0.4) is 0 Å². The van der Waals surface area contributed by atoms with E-state index in [1.165, 1.54) is 23.5 Å². The van der Waals surface area contributed by atoms with Crippen molar-refractivity contribution in [2.24, 2.45) is 0 Å². The summed E-state index contributed by atoms with van der Waals surface area (Å²) in [5.41, 5.74) is 0.745. The highest BCUT2D eigenvalue weighted by molar-refractivity contribution is 7.22. The van der Waals surface area contributed by atoms with Crippen LogP contribution in [-0.2, 0) is 0 Å². The number of carbonyl (C=O) groups is 1. The molecular formula is C17H19ClN4O4S2. The summed E-state index contributed by atoms with van der Waals surface area (Å²) < 4.78 is 6.16. The monoisotopic (exact) mass is 442 g/mol. The Bertz CT molecular complexity index is 989. The summed E-state index contributed by atoms with van der Waals surface area (Å²) >= 11 is 2.28. The van der Waals surface area contributed by atoms with Crippen molar-refractivity contribution < 1.29 is 14.5 Å². The zero-order valence-corrected chi connectivity index (χ0v) is 17.9. The van der Waals surface area contributed by atoms with Gasteiger partial charge >= 0.3 is 5.00 Å². The summed E-state index contributed by atoms with van der Waals surface area (Å²) in [6.45, 7) is 1.06. The zero-order valence-electron chi connectivity index (χ0n) is 15.4. The Morgan fingerprint density at radius 2 is 1.96 bits per heavy atom. The van der Waals surface area contributed by atoms with Gasteiger partial charge in [-0.1, -0.05) is 22.7 Å². The van der Waals surface area contributed by atoms with Crippen LogP contribution in [0.4, 0.5) is 10.1 Å². The first-order chi connectivity index (χ1) is 12.9. The lowest BCUT2D eigenvalue weighted by Crippen LogP contribution is -2.36. The Kier molecular flexibility index (Phi) is 7.30. The largest absolute Gasteiger partial charge is 0.497 e. The van der Waals surface area contributed by atoms with E-state index in [0.29, 0.717) is 28.8 Å². The first kappa shape index (κ1) is 22.0. The summed E-state index contributed by atoms with van der Waals surface area (Å²) in [4.78, 5) is 31.9. The average molecular weight is 443 g/mol.